The number of carbonyl (C=O) groups excluding carboxylic acids is 1. The summed E-state index contributed by atoms with van der Waals surface area (Å²) in [5.74, 6) is -1.47. The van der Waals surface area contributed by atoms with E-state index in [4.69, 9.17) is 16.2 Å². The zero-order valence-corrected chi connectivity index (χ0v) is 15.3. The highest BCUT2D eigenvalue weighted by molar-refractivity contribution is 7.17. The Morgan fingerprint density at radius 3 is 2.33 bits per heavy atom. The molecule has 0 atom stereocenters. The molecule has 1 aliphatic rings. The van der Waals surface area contributed by atoms with E-state index in [-0.39, 0.29) is 17.8 Å². The second-order valence-corrected chi connectivity index (χ2v) is 7.19. The molecule has 0 radical (unpaired) electrons. The maximum Gasteiger partial charge on any atom is 0.306 e. The molecule has 1 aliphatic heterocycles. The first-order valence-electron chi connectivity index (χ1n) is 8.38. The number of guanidine groups is 1. The van der Waals surface area contributed by atoms with Crippen molar-refractivity contribution in [1.29, 1.82) is 5.41 Å². The van der Waals surface area contributed by atoms with Crippen molar-refractivity contribution in [2.45, 2.75) is 12.8 Å². The van der Waals surface area contributed by atoms with Gasteiger partial charge in [0.1, 0.15) is 4.88 Å². The SMILES string of the molecule is N=C(N)Nc1ccc(NC(=O)c2cnc(N3CCC(C(=O)O)CC3)s2)cc1. The maximum absolute atomic E-state index is 12.4. The average molecular weight is 388 g/mol. The monoisotopic (exact) mass is 388 g/mol. The van der Waals surface area contributed by atoms with E-state index >= 15 is 0 Å². The predicted molar refractivity (Wildman–Crippen MR) is 105 cm³/mol. The summed E-state index contributed by atoms with van der Waals surface area (Å²) >= 11 is 1.29. The molecule has 0 spiro atoms. The molecule has 3 rings (SSSR count). The largest absolute Gasteiger partial charge is 0.481 e. The first kappa shape index (κ1) is 18.6. The Morgan fingerprint density at radius 1 is 1.19 bits per heavy atom. The number of aromatic nitrogens is 1. The van der Waals surface area contributed by atoms with Crippen molar-refractivity contribution >= 4 is 45.7 Å². The minimum absolute atomic E-state index is 0.156. The van der Waals surface area contributed by atoms with Crippen LogP contribution < -0.4 is 21.3 Å². The molecule has 1 aromatic heterocycles. The number of rotatable bonds is 5. The van der Waals surface area contributed by atoms with Gasteiger partial charge in [-0.15, -0.1) is 0 Å². The zero-order chi connectivity index (χ0) is 19.4. The maximum atomic E-state index is 12.4. The Morgan fingerprint density at radius 2 is 1.78 bits per heavy atom. The number of hydrogen-bond acceptors (Lipinski definition) is 6. The number of carboxylic acid groups (broad SMARTS) is 1. The smallest absolute Gasteiger partial charge is 0.306 e. The molecular formula is C17H20N6O3S. The van der Waals surface area contributed by atoms with Gasteiger partial charge < -0.3 is 26.4 Å². The van der Waals surface area contributed by atoms with Gasteiger partial charge in [-0.1, -0.05) is 11.3 Å². The van der Waals surface area contributed by atoms with E-state index in [2.05, 4.69) is 15.6 Å². The quantitative estimate of drug-likeness (QED) is 0.389. The van der Waals surface area contributed by atoms with E-state index in [1.165, 1.54) is 17.5 Å². The molecule has 142 valence electrons. The number of hydrogen-bond donors (Lipinski definition) is 5. The minimum Gasteiger partial charge on any atom is -0.481 e. The third kappa shape index (κ3) is 4.73. The molecule has 1 aromatic carbocycles. The van der Waals surface area contributed by atoms with Crippen LogP contribution in [0, 0.1) is 11.3 Å². The van der Waals surface area contributed by atoms with Gasteiger partial charge in [0.2, 0.25) is 0 Å². The Bertz CT molecular complexity index is 843. The second-order valence-electron chi connectivity index (χ2n) is 6.18. The molecule has 0 unspecified atom stereocenters. The first-order chi connectivity index (χ1) is 12.9. The molecular weight excluding hydrogens is 368 g/mol. The number of piperidine rings is 1. The fraction of sp³-hybridized carbons (Fsp3) is 0.294. The molecule has 0 saturated carbocycles. The summed E-state index contributed by atoms with van der Waals surface area (Å²) in [5, 5.41) is 22.4. The summed E-state index contributed by atoms with van der Waals surface area (Å²) in [4.78, 5) is 30.2. The number of nitrogens with zero attached hydrogens (tertiary/aromatic N) is 2. The van der Waals surface area contributed by atoms with Crippen LogP contribution in [-0.2, 0) is 4.79 Å². The van der Waals surface area contributed by atoms with Gasteiger partial charge in [0.25, 0.3) is 5.91 Å². The molecule has 1 amide bonds. The van der Waals surface area contributed by atoms with Gasteiger partial charge in [-0.3, -0.25) is 15.0 Å². The van der Waals surface area contributed by atoms with Crippen molar-refractivity contribution in [2.24, 2.45) is 11.7 Å². The topological polar surface area (TPSA) is 144 Å². The molecule has 1 fully saturated rings. The Kier molecular flexibility index (Phi) is 5.55. The lowest BCUT2D eigenvalue weighted by atomic mass is 9.98. The van der Waals surface area contributed by atoms with Crippen LogP contribution in [0.1, 0.15) is 22.5 Å². The number of amides is 1. The van der Waals surface area contributed by atoms with Crippen LogP contribution in [0.2, 0.25) is 0 Å². The number of benzene rings is 1. The molecule has 2 heterocycles. The average Bonchev–Trinajstić information content (AvgIpc) is 3.13. The van der Waals surface area contributed by atoms with Gasteiger partial charge in [0, 0.05) is 24.5 Å². The Hall–Kier alpha value is -3.14. The van der Waals surface area contributed by atoms with Gasteiger partial charge in [0.15, 0.2) is 11.1 Å². The number of carboxylic acids is 1. The lowest BCUT2D eigenvalue weighted by molar-refractivity contribution is -0.142. The summed E-state index contributed by atoms with van der Waals surface area (Å²) in [7, 11) is 0. The van der Waals surface area contributed by atoms with Crippen molar-refractivity contribution in [3.8, 4) is 0 Å². The number of aliphatic carboxylic acids is 1. The summed E-state index contributed by atoms with van der Waals surface area (Å²) in [6.07, 6.45) is 2.69. The predicted octanol–water partition coefficient (Wildman–Crippen LogP) is 2.00. The van der Waals surface area contributed by atoms with E-state index < -0.39 is 5.97 Å². The summed E-state index contributed by atoms with van der Waals surface area (Å²) < 4.78 is 0. The van der Waals surface area contributed by atoms with Gasteiger partial charge >= 0.3 is 5.97 Å². The number of anilines is 3. The van der Waals surface area contributed by atoms with Crippen molar-refractivity contribution in [1.82, 2.24) is 4.98 Å². The van der Waals surface area contributed by atoms with E-state index in [1.807, 2.05) is 4.90 Å². The van der Waals surface area contributed by atoms with Crippen LogP contribution in [-0.4, -0.2) is 41.0 Å². The van der Waals surface area contributed by atoms with Crippen LogP contribution in [0.25, 0.3) is 0 Å². The number of thiazole rings is 1. The van der Waals surface area contributed by atoms with E-state index in [1.54, 1.807) is 24.3 Å². The van der Waals surface area contributed by atoms with Crippen LogP contribution >= 0.6 is 11.3 Å². The molecule has 1 saturated heterocycles. The van der Waals surface area contributed by atoms with Crippen LogP contribution in [0.5, 0.6) is 0 Å². The molecule has 0 bridgehead atoms. The molecule has 6 N–H and O–H groups in total. The van der Waals surface area contributed by atoms with Crippen molar-refractivity contribution < 1.29 is 14.7 Å². The van der Waals surface area contributed by atoms with E-state index in [0.29, 0.717) is 42.2 Å². The summed E-state index contributed by atoms with van der Waals surface area (Å²) in [6.45, 7) is 1.24. The fourth-order valence-electron chi connectivity index (χ4n) is 2.82. The van der Waals surface area contributed by atoms with Gasteiger partial charge in [0.05, 0.1) is 12.1 Å². The second kappa shape index (κ2) is 8.04. The molecule has 27 heavy (non-hydrogen) atoms. The normalized spacial score (nSPS) is 14.6. The fourth-order valence-corrected chi connectivity index (χ4v) is 3.68. The number of nitrogens with two attached hydrogens (primary N) is 1. The minimum atomic E-state index is -0.752. The van der Waals surface area contributed by atoms with Gasteiger partial charge in [-0.05, 0) is 37.1 Å². The highest BCUT2D eigenvalue weighted by Gasteiger charge is 2.26. The lowest BCUT2D eigenvalue weighted by Gasteiger charge is -2.29. The molecule has 2 aromatic rings. The van der Waals surface area contributed by atoms with Crippen LogP contribution in [0.15, 0.2) is 30.5 Å². The van der Waals surface area contributed by atoms with Gasteiger partial charge in [-0.2, -0.15) is 0 Å². The first-order valence-corrected chi connectivity index (χ1v) is 9.20. The molecule has 0 aliphatic carbocycles. The highest BCUT2D eigenvalue weighted by Crippen LogP contribution is 2.28. The van der Waals surface area contributed by atoms with Crippen molar-refractivity contribution in [2.75, 3.05) is 28.6 Å². The van der Waals surface area contributed by atoms with E-state index in [0.717, 1.165) is 5.13 Å². The third-order valence-electron chi connectivity index (χ3n) is 4.25. The molecule has 10 heteroatoms. The van der Waals surface area contributed by atoms with Crippen molar-refractivity contribution in [3.05, 3.63) is 35.3 Å². The Balaban J connectivity index is 1.58. The van der Waals surface area contributed by atoms with Crippen LogP contribution in [0.3, 0.4) is 0 Å². The zero-order valence-electron chi connectivity index (χ0n) is 14.4. The van der Waals surface area contributed by atoms with E-state index in [9.17, 15) is 9.59 Å². The van der Waals surface area contributed by atoms with Gasteiger partial charge in [-0.25, -0.2) is 4.98 Å². The van der Waals surface area contributed by atoms with Crippen molar-refractivity contribution in [3.63, 3.8) is 0 Å². The standard InChI is InChI=1S/C17H20N6O3S/c18-16(19)22-12-3-1-11(2-4-12)21-14(24)13-9-20-17(27-13)23-7-5-10(6-8-23)15(25)26/h1-4,9-10H,5-8H2,(H,21,24)(H,25,26)(H4,18,19,22). The van der Waals surface area contributed by atoms with Crippen LogP contribution in [0.4, 0.5) is 16.5 Å². The lowest BCUT2D eigenvalue weighted by Crippen LogP contribution is -2.36. The molecule has 9 nitrogen and oxygen atoms in total. The third-order valence-corrected chi connectivity index (χ3v) is 5.31. The summed E-state index contributed by atoms with van der Waals surface area (Å²) in [6, 6.07) is 6.84. The Labute approximate surface area is 159 Å². The summed E-state index contributed by atoms with van der Waals surface area (Å²) in [5.41, 5.74) is 6.54. The highest BCUT2D eigenvalue weighted by atomic mass is 32.1. The number of nitrogens with one attached hydrogen (secondary N) is 3. The number of carbonyl (C=O) groups is 2.